The van der Waals surface area contributed by atoms with Gasteiger partial charge >= 0.3 is 6.03 Å². The first kappa shape index (κ1) is 18.6. The quantitative estimate of drug-likeness (QED) is 0.328. The van der Waals surface area contributed by atoms with Crippen LogP contribution in [-0.4, -0.2) is 64.6 Å². The Bertz CT molecular complexity index is 1290. The molecule has 1 aliphatic heterocycles. The summed E-state index contributed by atoms with van der Waals surface area (Å²) in [6.45, 7) is -2.71. The molecule has 10 nitrogen and oxygen atoms in total. The van der Waals surface area contributed by atoms with Crippen molar-refractivity contribution in [2.45, 2.75) is 111 Å². The summed E-state index contributed by atoms with van der Waals surface area (Å²) in [5.41, 5.74) is 0.329. The highest BCUT2D eigenvalue weighted by Gasteiger charge is 2.69. The molecule has 0 radical (unpaired) electrons. The van der Waals surface area contributed by atoms with Crippen LogP contribution in [0.25, 0.3) is 0 Å². The molecule has 1 heterocycles. The summed E-state index contributed by atoms with van der Waals surface area (Å²) in [5, 5.41) is 7.14. The summed E-state index contributed by atoms with van der Waals surface area (Å²) in [6.07, 6.45) is 0.589. The average molecular weight is 544 g/mol. The lowest BCUT2D eigenvalue weighted by molar-refractivity contribution is -0.144. The molecule has 214 valence electrons. The third kappa shape index (κ3) is 6.86. The topological polar surface area (TPSA) is 151 Å². The molecule has 5 N–H and O–H groups in total. The Kier molecular flexibility index (Phi) is 5.14. The van der Waals surface area contributed by atoms with E-state index in [1.54, 1.807) is 20.8 Å². The van der Waals surface area contributed by atoms with Crippen molar-refractivity contribution in [3.63, 3.8) is 0 Å². The maximum absolute atomic E-state index is 14.4. The largest absolute Gasteiger partial charge is 0.363 e. The summed E-state index contributed by atoms with van der Waals surface area (Å²) in [4.78, 5) is 67.2. The van der Waals surface area contributed by atoms with Crippen molar-refractivity contribution in [3.8, 4) is 0 Å². The zero-order valence-corrected chi connectivity index (χ0v) is 22.7. The van der Waals surface area contributed by atoms with E-state index in [4.69, 9.17) is 19.4 Å². The van der Waals surface area contributed by atoms with Gasteiger partial charge in [-0.25, -0.2) is 4.79 Å². The number of hydrogen-bond donors (Lipinski definition) is 4. The van der Waals surface area contributed by atoms with Gasteiger partial charge < -0.3 is 26.6 Å². The number of ketones is 1. The number of carbonyl (C=O) groups excluding carboxylic acids is 5. The molecule has 2 saturated carbocycles. The second kappa shape index (κ2) is 10.5. The van der Waals surface area contributed by atoms with Gasteiger partial charge in [0.15, 0.2) is 0 Å². The maximum Gasteiger partial charge on any atom is 0.315 e. The monoisotopic (exact) mass is 543 g/mol. The van der Waals surface area contributed by atoms with Crippen molar-refractivity contribution in [1.82, 2.24) is 20.9 Å². The van der Waals surface area contributed by atoms with E-state index < -0.39 is 96.9 Å². The maximum atomic E-state index is 14.4. The molecule has 10 heteroatoms. The number of likely N-dealkylation sites (tertiary alicyclic amines) is 1. The molecule has 38 heavy (non-hydrogen) atoms. The van der Waals surface area contributed by atoms with Crippen LogP contribution < -0.4 is 21.7 Å². The van der Waals surface area contributed by atoms with Gasteiger partial charge in [0, 0.05) is 24.4 Å². The fourth-order valence-electron chi connectivity index (χ4n) is 5.61. The summed E-state index contributed by atoms with van der Waals surface area (Å²) >= 11 is 0. The second-order valence-electron chi connectivity index (χ2n) is 12.6. The van der Waals surface area contributed by atoms with Crippen LogP contribution in [0.5, 0.6) is 0 Å². The lowest BCUT2D eigenvalue weighted by Crippen LogP contribution is -2.60. The van der Waals surface area contributed by atoms with Gasteiger partial charge in [-0.15, -0.1) is 0 Å². The van der Waals surface area contributed by atoms with Gasteiger partial charge in [-0.2, -0.15) is 0 Å². The highest BCUT2D eigenvalue weighted by molar-refractivity contribution is 6.37. The molecule has 0 aromatic carbocycles. The van der Waals surface area contributed by atoms with Gasteiger partial charge in [-0.1, -0.05) is 53.7 Å². The van der Waals surface area contributed by atoms with E-state index in [1.807, 2.05) is 13.8 Å². The lowest BCUT2D eigenvalue weighted by Gasteiger charge is -2.36. The van der Waals surface area contributed by atoms with Crippen LogP contribution in [0.1, 0.15) is 101 Å². The van der Waals surface area contributed by atoms with Crippen LogP contribution in [0.3, 0.4) is 0 Å². The van der Waals surface area contributed by atoms with Crippen LogP contribution in [-0.2, 0) is 19.2 Å². The Labute approximate surface area is 240 Å². The van der Waals surface area contributed by atoms with Crippen LogP contribution in [0.15, 0.2) is 0 Å². The number of fused-ring (bicyclic) bond motifs is 1. The zero-order chi connectivity index (χ0) is 37.2. The molecule has 1 unspecified atom stereocenters. The molecule has 0 bridgehead atoms. The van der Waals surface area contributed by atoms with Crippen molar-refractivity contribution < 1.29 is 37.7 Å². The standard InChI is InChI=1S/C28H47N5O5/c1-26(2,3)13-18(31-25(38)32-27(4,5)6)24(37)33-14-16-19(28(16,7)8)20(33)23(36)30-17(21(34)22(29)35)12-15-10-9-11-15/h15-20H,9-14H2,1-8H3,(H2,29,35)(H,30,36)(H2,31,32,38)/t16-,17?,18-,19-,20-/m0/s1/i1D3,2D3,3D3,17D. The van der Waals surface area contributed by atoms with Gasteiger partial charge in [-0.05, 0) is 62.2 Å². The van der Waals surface area contributed by atoms with Gasteiger partial charge in [0.05, 0.1) is 7.39 Å². The minimum atomic E-state index is -3.68. The number of Topliss-reactive ketones (excluding diaryl/α,β-unsaturated/α-hetero) is 1. The predicted molar refractivity (Wildman–Crippen MR) is 144 cm³/mol. The lowest BCUT2D eigenvalue weighted by atomic mass is 9.80. The Balaban J connectivity index is 2.09. The third-order valence-electron chi connectivity index (χ3n) is 7.85. The molecule has 0 aromatic rings. The van der Waals surface area contributed by atoms with Crippen molar-refractivity contribution in [1.29, 1.82) is 0 Å². The molecule has 3 aliphatic rings. The normalized spacial score (nSPS) is 31.6. The number of carbonyl (C=O) groups is 5. The van der Waals surface area contributed by atoms with E-state index in [-0.39, 0.29) is 24.8 Å². The predicted octanol–water partition coefficient (Wildman–Crippen LogP) is 2.10. The number of nitrogens with one attached hydrogen (secondary N) is 3. The van der Waals surface area contributed by atoms with E-state index in [0.717, 1.165) is 11.3 Å². The number of primary amides is 1. The van der Waals surface area contributed by atoms with E-state index in [9.17, 15) is 24.0 Å². The number of nitrogens with zero attached hydrogens (tertiary/aromatic N) is 1. The Morgan fingerprint density at radius 1 is 1.11 bits per heavy atom. The molecule has 3 fully saturated rings. The van der Waals surface area contributed by atoms with Gasteiger partial charge in [0.2, 0.25) is 17.6 Å². The summed E-state index contributed by atoms with van der Waals surface area (Å²) in [6, 6.07) is -6.93. The number of rotatable bonds is 9. The van der Waals surface area contributed by atoms with Crippen molar-refractivity contribution in [3.05, 3.63) is 0 Å². The molecule has 0 spiro atoms. The highest BCUT2D eigenvalue weighted by Crippen LogP contribution is 2.65. The number of piperidine rings is 1. The molecule has 0 aromatic heterocycles. The summed E-state index contributed by atoms with van der Waals surface area (Å²) in [5.74, 6) is -5.87. The molecule has 5 atom stereocenters. The van der Waals surface area contributed by atoms with Crippen LogP contribution >= 0.6 is 0 Å². The first-order valence-corrected chi connectivity index (χ1v) is 13.0. The minimum Gasteiger partial charge on any atom is -0.363 e. The van der Waals surface area contributed by atoms with E-state index in [1.165, 1.54) is 0 Å². The minimum absolute atomic E-state index is 0.118. The first-order valence-electron chi connectivity index (χ1n) is 18.0. The van der Waals surface area contributed by atoms with Crippen molar-refractivity contribution in [2.24, 2.45) is 34.3 Å². The average Bonchev–Trinajstić information content (AvgIpc) is 3.16. The smallest absolute Gasteiger partial charge is 0.315 e. The molecule has 3 rings (SSSR count). The SMILES string of the molecule is [2H]C(CC1CCC1)(NC(=O)[C@@H]1[C@@H]2[C@H](CN1C(=O)[C@H](CC(C([2H])([2H])[2H])(C([2H])([2H])[2H])C([2H])([2H])[2H])NC(=O)NC(C)(C)C)C2(C)C)C(=O)C(N)=O. The molecule has 1 saturated heterocycles. The second-order valence-corrected chi connectivity index (χ2v) is 12.6. The highest BCUT2D eigenvalue weighted by atomic mass is 16.2. The molecule has 5 amide bonds. The van der Waals surface area contributed by atoms with Crippen molar-refractivity contribution >= 4 is 29.5 Å². The number of nitrogens with two attached hydrogens (primary N) is 1. The van der Waals surface area contributed by atoms with Gasteiger partial charge in [0.1, 0.15) is 12.1 Å². The van der Waals surface area contributed by atoms with Crippen LogP contribution in [0.4, 0.5) is 4.79 Å². The van der Waals surface area contributed by atoms with Crippen LogP contribution in [0, 0.1) is 28.6 Å². The molecule has 2 aliphatic carbocycles. The zero-order valence-electron chi connectivity index (χ0n) is 32.7. The Morgan fingerprint density at radius 3 is 2.24 bits per heavy atom. The summed E-state index contributed by atoms with van der Waals surface area (Å²) in [7, 11) is 0. The van der Waals surface area contributed by atoms with Crippen molar-refractivity contribution in [2.75, 3.05) is 6.54 Å². The van der Waals surface area contributed by atoms with Gasteiger partial charge in [0.25, 0.3) is 5.91 Å². The Morgan fingerprint density at radius 2 is 1.74 bits per heavy atom. The third-order valence-corrected chi connectivity index (χ3v) is 7.85. The fourth-order valence-corrected chi connectivity index (χ4v) is 5.61. The fraction of sp³-hybridized carbons (Fsp3) is 0.821. The number of urea groups is 1. The summed E-state index contributed by atoms with van der Waals surface area (Å²) < 4.78 is 81.5. The van der Waals surface area contributed by atoms with E-state index in [0.29, 0.717) is 12.8 Å². The van der Waals surface area contributed by atoms with Crippen LogP contribution in [0.2, 0.25) is 0 Å². The number of hydrogen-bond acceptors (Lipinski definition) is 5. The van der Waals surface area contributed by atoms with E-state index in [2.05, 4.69) is 16.0 Å². The van der Waals surface area contributed by atoms with Gasteiger partial charge in [-0.3, -0.25) is 19.2 Å². The van der Waals surface area contributed by atoms with E-state index >= 15 is 0 Å². The molecular formula is C28H47N5O5. The Hall–Kier alpha value is -2.65. The first-order chi connectivity index (χ1) is 21.4. The molecular weight excluding hydrogens is 486 g/mol. The number of amides is 5.